The molecule has 0 radical (unpaired) electrons. The van der Waals surface area contributed by atoms with Gasteiger partial charge in [0, 0.05) is 5.69 Å². The smallest absolute Gasteiger partial charge is 0.263 e. The van der Waals surface area contributed by atoms with E-state index in [1.54, 1.807) is 18.2 Å². The molecule has 1 aromatic heterocycles. The van der Waals surface area contributed by atoms with Crippen molar-refractivity contribution in [2.24, 2.45) is 0 Å². The van der Waals surface area contributed by atoms with Crippen molar-refractivity contribution in [3.8, 4) is 5.75 Å². The number of sulfonamides is 1. The number of fused-ring (bicyclic) bond motifs is 1. The van der Waals surface area contributed by atoms with E-state index in [0.29, 0.717) is 29.2 Å². The van der Waals surface area contributed by atoms with Gasteiger partial charge in [-0.1, -0.05) is 18.2 Å². The Morgan fingerprint density at radius 2 is 1.44 bits per heavy atom. The molecule has 0 aliphatic heterocycles. The summed E-state index contributed by atoms with van der Waals surface area (Å²) in [6, 6.07) is 19.6. The zero-order valence-electron chi connectivity index (χ0n) is 18.1. The largest absolute Gasteiger partial charge is 0.494 e. The van der Waals surface area contributed by atoms with Crippen molar-refractivity contribution in [2.75, 3.05) is 16.6 Å². The fraction of sp³-hybridized carbons (Fsp3) is 0.167. The van der Waals surface area contributed by atoms with Crippen molar-refractivity contribution in [1.82, 2.24) is 9.97 Å². The van der Waals surface area contributed by atoms with Crippen LogP contribution in [-0.4, -0.2) is 25.0 Å². The highest BCUT2D eigenvalue weighted by atomic mass is 32.2. The molecule has 4 rings (SSSR count). The second-order valence-electron chi connectivity index (χ2n) is 7.42. The molecule has 1 heterocycles. The highest BCUT2D eigenvalue weighted by Gasteiger charge is 2.19. The third-order valence-corrected chi connectivity index (χ3v) is 6.09. The van der Waals surface area contributed by atoms with Crippen LogP contribution in [0.4, 0.5) is 17.3 Å². The van der Waals surface area contributed by atoms with Gasteiger partial charge in [0.25, 0.3) is 10.0 Å². The normalized spacial score (nSPS) is 11.3. The van der Waals surface area contributed by atoms with Crippen LogP contribution >= 0.6 is 0 Å². The molecule has 32 heavy (non-hydrogen) atoms. The fourth-order valence-corrected chi connectivity index (χ4v) is 4.42. The molecule has 0 aliphatic rings. The molecule has 0 spiro atoms. The molecule has 8 heteroatoms. The molecule has 2 N–H and O–H groups in total. The highest BCUT2D eigenvalue weighted by molar-refractivity contribution is 7.92. The fourth-order valence-electron chi connectivity index (χ4n) is 3.41. The zero-order chi connectivity index (χ0) is 22.7. The van der Waals surface area contributed by atoms with E-state index in [4.69, 9.17) is 4.74 Å². The summed E-state index contributed by atoms with van der Waals surface area (Å²) in [7, 11) is -3.89. The van der Waals surface area contributed by atoms with Crippen LogP contribution in [0.15, 0.2) is 71.6 Å². The minimum absolute atomic E-state index is 0.105. The zero-order valence-corrected chi connectivity index (χ0v) is 18.9. The maximum Gasteiger partial charge on any atom is 0.263 e. The third-order valence-electron chi connectivity index (χ3n) is 4.73. The summed E-state index contributed by atoms with van der Waals surface area (Å²) in [4.78, 5) is 9.26. The van der Waals surface area contributed by atoms with Crippen molar-refractivity contribution in [3.05, 3.63) is 77.9 Å². The van der Waals surface area contributed by atoms with E-state index in [1.807, 2.05) is 51.1 Å². The lowest BCUT2D eigenvalue weighted by Crippen LogP contribution is -2.16. The number of ether oxygens (including phenoxy) is 1. The van der Waals surface area contributed by atoms with Gasteiger partial charge in [-0.25, -0.2) is 18.4 Å². The molecule has 0 amide bonds. The molecule has 7 nitrogen and oxygen atoms in total. The predicted molar refractivity (Wildman–Crippen MR) is 127 cm³/mol. The van der Waals surface area contributed by atoms with Crippen LogP contribution in [0.5, 0.6) is 5.75 Å². The Bertz CT molecular complexity index is 1350. The van der Waals surface area contributed by atoms with Crippen molar-refractivity contribution >= 4 is 38.4 Å². The average molecular weight is 449 g/mol. The summed E-state index contributed by atoms with van der Waals surface area (Å²) in [5.41, 5.74) is 4.20. The topological polar surface area (TPSA) is 93.2 Å². The van der Waals surface area contributed by atoms with E-state index in [-0.39, 0.29) is 10.7 Å². The van der Waals surface area contributed by atoms with Gasteiger partial charge in [-0.15, -0.1) is 0 Å². The summed E-state index contributed by atoms with van der Waals surface area (Å²) >= 11 is 0. The minimum Gasteiger partial charge on any atom is -0.494 e. The maximum absolute atomic E-state index is 13.1. The SMILES string of the molecule is CCOc1ccc(S(=O)(=O)Nc2nc3ccccc3nc2Nc2cc(C)cc(C)c2)cc1. The van der Waals surface area contributed by atoms with E-state index < -0.39 is 10.0 Å². The molecule has 0 saturated carbocycles. The van der Waals surface area contributed by atoms with Gasteiger partial charge in [0.1, 0.15) is 5.75 Å². The Labute approximate surface area is 187 Å². The monoisotopic (exact) mass is 448 g/mol. The van der Waals surface area contributed by atoms with Crippen molar-refractivity contribution in [2.45, 2.75) is 25.7 Å². The van der Waals surface area contributed by atoms with Crippen LogP contribution in [-0.2, 0) is 10.0 Å². The van der Waals surface area contributed by atoms with Crippen LogP contribution in [0, 0.1) is 13.8 Å². The Morgan fingerprint density at radius 1 is 0.844 bits per heavy atom. The number of para-hydroxylation sites is 2. The molecule has 0 aliphatic carbocycles. The maximum atomic E-state index is 13.1. The van der Waals surface area contributed by atoms with Crippen molar-refractivity contribution in [1.29, 1.82) is 0 Å². The molecule has 0 unspecified atom stereocenters. The van der Waals surface area contributed by atoms with E-state index >= 15 is 0 Å². The lowest BCUT2D eigenvalue weighted by molar-refractivity contribution is 0.340. The van der Waals surface area contributed by atoms with Gasteiger partial charge in [-0.2, -0.15) is 0 Å². The Kier molecular flexibility index (Phi) is 5.96. The van der Waals surface area contributed by atoms with E-state index in [1.165, 1.54) is 12.1 Å². The first-order chi connectivity index (χ1) is 15.3. The second kappa shape index (κ2) is 8.84. The first kappa shape index (κ1) is 21.6. The number of hydrogen-bond acceptors (Lipinski definition) is 6. The standard InChI is InChI=1S/C24H24N4O3S/c1-4-31-19-9-11-20(12-10-19)32(29,30)28-24-23(25-18-14-16(2)13-17(3)15-18)26-21-7-5-6-8-22(21)27-24/h5-15H,4H2,1-3H3,(H,25,26)(H,27,28). The molecular formula is C24H24N4O3S. The molecule has 4 aromatic rings. The third kappa shape index (κ3) is 4.81. The summed E-state index contributed by atoms with van der Waals surface area (Å²) in [5.74, 6) is 1.05. The predicted octanol–water partition coefficient (Wildman–Crippen LogP) is 5.19. The molecule has 164 valence electrons. The quantitative estimate of drug-likeness (QED) is 0.404. The van der Waals surface area contributed by atoms with E-state index in [0.717, 1.165) is 16.8 Å². The Morgan fingerprint density at radius 3 is 2.03 bits per heavy atom. The van der Waals surface area contributed by atoms with Crippen LogP contribution < -0.4 is 14.8 Å². The molecule has 0 saturated heterocycles. The molecule has 0 atom stereocenters. The van der Waals surface area contributed by atoms with Gasteiger partial charge in [0.05, 0.1) is 22.5 Å². The van der Waals surface area contributed by atoms with Crippen molar-refractivity contribution in [3.63, 3.8) is 0 Å². The van der Waals surface area contributed by atoms with Crippen molar-refractivity contribution < 1.29 is 13.2 Å². The second-order valence-corrected chi connectivity index (χ2v) is 9.10. The summed E-state index contributed by atoms with van der Waals surface area (Å²) in [6.45, 7) is 6.37. The number of aromatic nitrogens is 2. The van der Waals surface area contributed by atoms with E-state index in [9.17, 15) is 8.42 Å². The summed E-state index contributed by atoms with van der Waals surface area (Å²) in [5, 5.41) is 3.23. The average Bonchev–Trinajstić information content (AvgIpc) is 2.74. The first-order valence-corrected chi connectivity index (χ1v) is 11.7. The molecule has 0 fully saturated rings. The van der Waals surface area contributed by atoms with Crippen LogP contribution in [0.3, 0.4) is 0 Å². The number of nitrogens with one attached hydrogen (secondary N) is 2. The number of benzene rings is 3. The first-order valence-electron chi connectivity index (χ1n) is 10.2. The van der Waals surface area contributed by atoms with Crippen LogP contribution in [0.2, 0.25) is 0 Å². The number of anilines is 3. The number of aryl methyl sites for hydroxylation is 2. The Hall–Kier alpha value is -3.65. The van der Waals surface area contributed by atoms with Gasteiger partial charge >= 0.3 is 0 Å². The number of hydrogen-bond donors (Lipinski definition) is 2. The highest BCUT2D eigenvalue weighted by Crippen LogP contribution is 2.28. The number of rotatable bonds is 7. The van der Waals surface area contributed by atoms with Gasteiger partial charge in [-0.05, 0) is 80.4 Å². The van der Waals surface area contributed by atoms with Crippen LogP contribution in [0.25, 0.3) is 11.0 Å². The number of nitrogens with zero attached hydrogens (tertiary/aromatic N) is 2. The van der Waals surface area contributed by atoms with Gasteiger partial charge in [-0.3, -0.25) is 4.72 Å². The molecule has 0 bridgehead atoms. The summed E-state index contributed by atoms with van der Waals surface area (Å²) in [6.07, 6.45) is 0. The van der Waals surface area contributed by atoms with Crippen LogP contribution in [0.1, 0.15) is 18.1 Å². The lowest BCUT2D eigenvalue weighted by atomic mass is 10.1. The Balaban J connectivity index is 1.73. The lowest BCUT2D eigenvalue weighted by Gasteiger charge is -2.15. The van der Waals surface area contributed by atoms with Gasteiger partial charge in [0.15, 0.2) is 11.6 Å². The molecule has 3 aromatic carbocycles. The minimum atomic E-state index is -3.89. The van der Waals surface area contributed by atoms with Gasteiger partial charge < -0.3 is 10.1 Å². The van der Waals surface area contributed by atoms with Gasteiger partial charge in [0.2, 0.25) is 0 Å². The van der Waals surface area contributed by atoms with E-state index in [2.05, 4.69) is 26.1 Å². The summed E-state index contributed by atoms with van der Waals surface area (Å²) < 4.78 is 34.1. The molecular weight excluding hydrogens is 424 g/mol.